The highest BCUT2D eigenvalue weighted by Crippen LogP contribution is 2.31. The standard InChI is InChI=1S/C16H16N4O2/c1-3-11-4-5-13-12(8-11)14-15(17)18-9-19-16(14)20(13)6-7-22-10(2)21/h3-5,8-9H,1,6-7H2,2H3,(H2,17,18,19). The summed E-state index contributed by atoms with van der Waals surface area (Å²) in [6, 6.07) is 5.97. The first-order chi connectivity index (χ1) is 10.6. The van der Waals surface area contributed by atoms with Gasteiger partial charge in [0.05, 0.1) is 17.4 Å². The highest BCUT2D eigenvalue weighted by atomic mass is 16.5. The molecule has 2 aromatic heterocycles. The van der Waals surface area contributed by atoms with Gasteiger partial charge in [0, 0.05) is 12.3 Å². The molecule has 0 fully saturated rings. The van der Waals surface area contributed by atoms with Crippen molar-refractivity contribution in [3.63, 3.8) is 0 Å². The van der Waals surface area contributed by atoms with Gasteiger partial charge in [-0.3, -0.25) is 4.79 Å². The Bertz CT molecular complexity index is 883. The number of nitrogens with two attached hydrogens (primary N) is 1. The Kier molecular flexibility index (Phi) is 3.50. The summed E-state index contributed by atoms with van der Waals surface area (Å²) in [5.74, 6) is 0.131. The van der Waals surface area contributed by atoms with Crippen LogP contribution < -0.4 is 5.73 Å². The summed E-state index contributed by atoms with van der Waals surface area (Å²) in [5, 5.41) is 1.78. The normalized spacial score (nSPS) is 11.0. The van der Waals surface area contributed by atoms with Crippen LogP contribution in [-0.4, -0.2) is 27.1 Å². The molecule has 3 rings (SSSR count). The number of hydrogen-bond donors (Lipinski definition) is 1. The van der Waals surface area contributed by atoms with E-state index in [-0.39, 0.29) is 12.6 Å². The van der Waals surface area contributed by atoms with Crippen molar-refractivity contribution in [3.05, 3.63) is 36.7 Å². The predicted molar refractivity (Wildman–Crippen MR) is 86.2 cm³/mol. The molecule has 0 atom stereocenters. The largest absolute Gasteiger partial charge is 0.464 e. The lowest BCUT2D eigenvalue weighted by Crippen LogP contribution is -2.09. The molecule has 22 heavy (non-hydrogen) atoms. The molecule has 6 nitrogen and oxygen atoms in total. The van der Waals surface area contributed by atoms with Gasteiger partial charge < -0.3 is 15.0 Å². The molecule has 6 heteroatoms. The van der Waals surface area contributed by atoms with Gasteiger partial charge in [0.1, 0.15) is 24.4 Å². The monoisotopic (exact) mass is 296 g/mol. The number of rotatable bonds is 4. The molecule has 0 spiro atoms. The topological polar surface area (TPSA) is 83.0 Å². The summed E-state index contributed by atoms with van der Waals surface area (Å²) < 4.78 is 7.02. The molecule has 112 valence electrons. The zero-order valence-electron chi connectivity index (χ0n) is 12.2. The molecule has 0 radical (unpaired) electrons. The summed E-state index contributed by atoms with van der Waals surface area (Å²) in [4.78, 5) is 19.4. The van der Waals surface area contributed by atoms with Crippen LogP contribution in [0.4, 0.5) is 5.82 Å². The van der Waals surface area contributed by atoms with Crippen LogP contribution in [0.5, 0.6) is 0 Å². The second-order valence-electron chi connectivity index (χ2n) is 4.93. The summed E-state index contributed by atoms with van der Waals surface area (Å²) >= 11 is 0. The number of hydrogen-bond acceptors (Lipinski definition) is 5. The Morgan fingerprint density at radius 1 is 1.45 bits per heavy atom. The Morgan fingerprint density at radius 2 is 2.27 bits per heavy atom. The van der Waals surface area contributed by atoms with Gasteiger partial charge in [0.25, 0.3) is 0 Å². The number of carbonyl (C=O) groups is 1. The number of nitrogen functional groups attached to an aromatic ring is 1. The van der Waals surface area contributed by atoms with E-state index in [1.165, 1.54) is 13.3 Å². The van der Waals surface area contributed by atoms with Crippen molar-refractivity contribution in [2.75, 3.05) is 12.3 Å². The Balaban J connectivity index is 2.21. The van der Waals surface area contributed by atoms with E-state index < -0.39 is 0 Å². The van der Waals surface area contributed by atoms with Crippen molar-refractivity contribution in [1.82, 2.24) is 14.5 Å². The number of benzene rings is 1. The maximum Gasteiger partial charge on any atom is 0.302 e. The van der Waals surface area contributed by atoms with E-state index in [1.807, 2.05) is 22.8 Å². The fourth-order valence-electron chi connectivity index (χ4n) is 2.59. The molecule has 0 aliphatic rings. The van der Waals surface area contributed by atoms with E-state index in [2.05, 4.69) is 16.5 Å². The van der Waals surface area contributed by atoms with E-state index in [1.54, 1.807) is 6.08 Å². The third-order valence-electron chi connectivity index (χ3n) is 3.55. The molecule has 0 saturated carbocycles. The van der Waals surface area contributed by atoms with Crippen molar-refractivity contribution in [1.29, 1.82) is 0 Å². The van der Waals surface area contributed by atoms with Crippen LogP contribution in [0.15, 0.2) is 31.1 Å². The number of fused-ring (bicyclic) bond motifs is 3. The van der Waals surface area contributed by atoms with E-state index in [9.17, 15) is 4.79 Å². The lowest BCUT2D eigenvalue weighted by atomic mass is 10.1. The van der Waals surface area contributed by atoms with Crippen LogP contribution >= 0.6 is 0 Å². The minimum absolute atomic E-state index is 0.279. The second-order valence-corrected chi connectivity index (χ2v) is 4.93. The SMILES string of the molecule is C=Cc1ccc2c(c1)c1c(N)ncnc1n2CCOC(C)=O. The first kappa shape index (κ1) is 14.1. The maximum absolute atomic E-state index is 10.9. The molecule has 2 heterocycles. The van der Waals surface area contributed by atoms with Crippen LogP contribution in [-0.2, 0) is 16.1 Å². The number of ether oxygens (including phenoxy) is 1. The Morgan fingerprint density at radius 3 is 3.00 bits per heavy atom. The van der Waals surface area contributed by atoms with Gasteiger partial charge >= 0.3 is 5.97 Å². The van der Waals surface area contributed by atoms with Crippen LogP contribution in [0.25, 0.3) is 28.0 Å². The maximum atomic E-state index is 10.9. The van der Waals surface area contributed by atoms with E-state index >= 15 is 0 Å². The van der Waals surface area contributed by atoms with Gasteiger partial charge in [-0.15, -0.1) is 0 Å². The Hall–Kier alpha value is -2.89. The van der Waals surface area contributed by atoms with E-state index in [0.29, 0.717) is 12.4 Å². The molecule has 0 aliphatic heterocycles. The second kappa shape index (κ2) is 5.48. The fraction of sp³-hybridized carbons (Fsp3) is 0.188. The molecular weight excluding hydrogens is 280 g/mol. The molecule has 0 amide bonds. The molecular formula is C16H16N4O2. The number of carbonyl (C=O) groups excluding carboxylic acids is 1. The van der Waals surface area contributed by atoms with Crippen LogP contribution in [0.1, 0.15) is 12.5 Å². The molecule has 2 N–H and O–H groups in total. The fourth-order valence-corrected chi connectivity index (χ4v) is 2.59. The molecule has 0 aliphatic carbocycles. The minimum Gasteiger partial charge on any atom is -0.464 e. The van der Waals surface area contributed by atoms with Crippen molar-refractivity contribution in [2.24, 2.45) is 0 Å². The molecule has 0 unspecified atom stereocenters. The number of esters is 1. The summed E-state index contributed by atoms with van der Waals surface area (Å²) in [6.07, 6.45) is 3.22. The smallest absolute Gasteiger partial charge is 0.302 e. The quantitative estimate of drug-likeness (QED) is 0.747. The average Bonchev–Trinajstić information content (AvgIpc) is 2.81. The zero-order valence-corrected chi connectivity index (χ0v) is 12.2. The van der Waals surface area contributed by atoms with Crippen LogP contribution in [0.2, 0.25) is 0 Å². The summed E-state index contributed by atoms with van der Waals surface area (Å²) in [7, 11) is 0. The summed E-state index contributed by atoms with van der Waals surface area (Å²) in [5.41, 5.74) is 8.73. The predicted octanol–water partition coefficient (Wildman–Crippen LogP) is 2.37. The minimum atomic E-state index is -0.302. The molecule has 0 bridgehead atoms. The van der Waals surface area contributed by atoms with Crippen molar-refractivity contribution >= 4 is 39.8 Å². The van der Waals surface area contributed by atoms with Gasteiger partial charge in [0.15, 0.2) is 0 Å². The number of aromatic nitrogens is 3. The van der Waals surface area contributed by atoms with Gasteiger partial charge in [-0.1, -0.05) is 18.7 Å². The summed E-state index contributed by atoms with van der Waals surface area (Å²) in [6.45, 7) is 5.96. The Labute approximate surface area is 127 Å². The molecule has 0 saturated heterocycles. The first-order valence-electron chi connectivity index (χ1n) is 6.90. The lowest BCUT2D eigenvalue weighted by Gasteiger charge is -2.07. The first-order valence-corrected chi connectivity index (χ1v) is 6.90. The van der Waals surface area contributed by atoms with E-state index in [4.69, 9.17) is 10.5 Å². The zero-order chi connectivity index (χ0) is 15.7. The average molecular weight is 296 g/mol. The number of anilines is 1. The highest BCUT2D eigenvalue weighted by Gasteiger charge is 2.15. The lowest BCUT2D eigenvalue weighted by molar-refractivity contribution is -0.141. The molecule has 3 aromatic rings. The van der Waals surface area contributed by atoms with E-state index in [0.717, 1.165) is 27.5 Å². The van der Waals surface area contributed by atoms with Crippen LogP contribution in [0.3, 0.4) is 0 Å². The van der Waals surface area contributed by atoms with Gasteiger partial charge in [-0.05, 0) is 17.7 Å². The van der Waals surface area contributed by atoms with Crippen molar-refractivity contribution < 1.29 is 9.53 Å². The molecule has 1 aromatic carbocycles. The van der Waals surface area contributed by atoms with Crippen LogP contribution in [0, 0.1) is 0 Å². The number of nitrogens with zero attached hydrogens (tertiary/aromatic N) is 3. The van der Waals surface area contributed by atoms with Crippen molar-refractivity contribution in [3.8, 4) is 0 Å². The van der Waals surface area contributed by atoms with Crippen molar-refractivity contribution in [2.45, 2.75) is 13.5 Å². The van der Waals surface area contributed by atoms with Gasteiger partial charge in [-0.2, -0.15) is 0 Å². The third kappa shape index (κ3) is 2.28. The third-order valence-corrected chi connectivity index (χ3v) is 3.55. The van der Waals surface area contributed by atoms with Gasteiger partial charge in [-0.25, -0.2) is 9.97 Å². The van der Waals surface area contributed by atoms with Gasteiger partial charge in [0.2, 0.25) is 0 Å². The highest BCUT2D eigenvalue weighted by molar-refractivity contribution is 6.11.